The zero-order valence-electron chi connectivity index (χ0n) is 25.3. The number of amides is 3. The Labute approximate surface area is 275 Å². The molecule has 9 heteroatoms. The van der Waals surface area contributed by atoms with E-state index < -0.39 is 11.2 Å². The molecule has 0 spiro atoms. The SMILES string of the molecule is CCn1c2ccccc2c2cc(NC(=O)C(C)Sc3cccc(NC(=O)/C(=C/c4ccsc4)NC(=O)c4ccccc4)c3)ccc21. The number of para-hydroxylation sites is 1. The van der Waals surface area contributed by atoms with Crippen molar-refractivity contribution in [3.05, 3.63) is 131 Å². The van der Waals surface area contributed by atoms with E-state index in [1.54, 1.807) is 36.4 Å². The second-order valence-electron chi connectivity index (χ2n) is 10.7. The molecule has 230 valence electrons. The molecular formula is C37H32N4O3S2. The predicted octanol–water partition coefficient (Wildman–Crippen LogP) is 8.40. The fourth-order valence-electron chi connectivity index (χ4n) is 5.29. The number of hydrogen-bond donors (Lipinski definition) is 3. The molecule has 6 aromatic rings. The van der Waals surface area contributed by atoms with Crippen LogP contribution in [0.15, 0.2) is 124 Å². The third-order valence-corrected chi connectivity index (χ3v) is 9.31. The molecule has 3 amide bonds. The Morgan fingerprint density at radius 2 is 1.59 bits per heavy atom. The number of hydrogen-bond acceptors (Lipinski definition) is 5. The Balaban J connectivity index is 1.14. The van der Waals surface area contributed by atoms with E-state index in [1.807, 2.05) is 72.3 Å². The standard InChI is InChI=1S/C37H32N4O3S2/c1-3-41-33-15-8-7-14-30(33)31-22-28(16-17-34(31)41)38-35(42)24(2)46-29-13-9-12-27(21-29)39-37(44)32(20-25-18-19-45-23-25)40-36(43)26-10-5-4-6-11-26/h4-24H,3H2,1-2H3,(H,38,42)(H,39,44)(H,40,43)/b32-20-. The summed E-state index contributed by atoms with van der Waals surface area (Å²) in [6, 6.07) is 32.3. The molecule has 1 atom stereocenters. The molecule has 4 aromatic carbocycles. The maximum atomic E-state index is 13.4. The number of thioether (sulfide) groups is 1. The number of rotatable bonds is 10. The van der Waals surface area contributed by atoms with E-state index >= 15 is 0 Å². The molecule has 2 heterocycles. The first-order valence-electron chi connectivity index (χ1n) is 14.9. The van der Waals surface area contributed by atoms with Crippen LogP contribution in [-0.2, 0) is 16.1 Å². The van der Waals surface area contributed by atoms with Crippen molar-refractivity contribution in [2.75, 3.05) is 10.6 Å². The molecule has 0 saturated carbocycles. The second-order valence-corrected chi connectivity index (χ2v) is 12.9. The van der Waals surface area contributed by atoms with E-state index in [-0.39, 0.29) is 17.5 Å². The highest BCUT2D eigenvalue weighted by Gasteiger charge is 2.18. The van der Waals surface area contributed by atoms with Crippen LogP contribution in [0, 0.1) is 0 Å². The van der Waals surface area contributed by atoms with Crippen LogP contribution in [0.1, 0.15) is 29.8 Å². The number of nitrogens with zero attached hydrogens (tertiary/aromatic N) is 1. The zero-order valence-corrected chi connectivity index (χ0v) is 27.0. The van der Waals surface area contributed by atoms with Gasteiger partial charge in [-0.2, -0.15) is 11.3 Å². The van der Waals surface area contributed by atoms with Crippen LogP contribution in [0.5, 0.6) is 0 Å². The minimum atomic E-state index is -0.455. The van der Waals surface area contributed by atoms with Crippen LogP contribution in [0.3, 0.4) is 0 Å². The fourth-order valence-corrected chi connectivity index (χ4v) is 6.83. The van der Waals surface area contributed by atoms with Crippen molar-refractivity contribution in [1.82, 2.24) is 9.88 Å². The largest absolute Gasteiger partial charge is 0.341 e. The van der Waals surface area contributed by atoms with Gasteiger partial charge in [0.2, 0.25) is 5.91 Å². The molecule has 0 aliphatic rings. The lowest BCUT2D eigenvalue weighted by Gasteiger charge is -2.14. The zero-order chi connectivity index (χ0) is 32.0. The first-order chi connectivity index (χ1) is 22.4. The van der Waals surface area contributed by atoms with Crippen LogP contribution in [-0.4, -0.2) is 27.5 Å². The van der Waals surface area contributed by atoms with Gasteiger partial charge in [-0.05, 0) is 96.9 Å². The first kappa shape index (κ1) is 30.9. The Morgan fingerprint density at radius 1 is 0.826 bits per heavy atom. The van der Waals surface area contributed by atoms with Crippen molar-refractivity contribution in [1.29, 1.82) is 0 Å². The number of carbonyl (C=O) groups excluding carboxylic acids is 3. The summed E-state index contributed by atoms with van der Waals surface area (Å²) in [5.41, 5.74) is 4.98. The Kier molecular flexibility index (Phi) is 9.33. The van der Waals surface area contributed by atoms with Crippen molar-refractivity contribution in [2.45, 2.75) is 30.5 Å². The molecule has 1 unspecified atom stereocenters. The number of nitrogens with one attached hydrogen (secondary N) is 3. The third kappa shape index (κ3) is 6.91. The maximum absolute atomic E-state index is 13.4. The Hall–Kier alpha value is -5.12. The molecule has 0 aliphatic heterocycles. The Morgan fingerprint density at radius 3 is 2.37 bits per heavy atom. The molecule has 46 heavy (non-hydrogen) atoms. The average Bonchev–Trinajstić information content (AvgIpc) is 3.70. The highest BCUT2D eigenvalue weighted by atomic mass is 32.2. The first-order valence-corrected chi connectivity index (χ1v) is 16.7. The van der Waals surface area contributed by atoms with E-state index in [2.05, 4.69) is 45.6 Å². The average molecular weight is 645 g/mol. The summed E-state index contributed by atoms with van der Waals surface area (Å²) >= 11 is 2.90. The summed E-state index contributed by atoms with van der Waals surface area (Å²) in [7, 11) is 0. The topological polar surface area (TPSA) is 92.2 Å². The Bertz CT molecular complexity index is 2070. The van der Waals surface area contributed by atoms with Crippen LogP contribution < -0.4 is 16.0 Å². The lowest BCUT2D eigenvalue weighted by atomic mass is 10.1. The van der Waals surface area contributed by atoms with Crippen molar-refractivity contribution in [3.63, 3.8) is 0 Å². The van der Waals surface area contributed by atoms with Gasteiger partial charge in [0.05, 0.1) is 5.25 Å². The van der Waals surface area contributed by atoms with E-state index in [0.29, 0.717) is 11.3 Å². The van der Waals surface area contributed by atoms with E-state index in [4.69, 9.17) is 0 Å². The molecular weight excluding hydrogens is 613 g/mol. The number of carbonyl (C=O) groups is 3. The number of anilines is 2. The molecule has 3 N–H and O–H groups in total. The molecule has 0 bridgehead atoms. The summed E-state index contributed by atoms with van der Waals surface area (Å²) < 4.78 is 2.28. The number of aromatic nitrogens is 1. The number of benzene rings is 4. The number of fused-ring (bicyclic) bond motifs is 3. The molecule has 6 rings (SSSR count). The van der Waals surface area contributed by atoms with Gasteiger partial charge < -0.3 is 20.5 Å². The normalized spacial score (nSPS) is 12.2. The minimum absolute atomic E-state index is 0.122. The lowest BCUT2D eigenvalue weighted by molar-refractivity contribution is -0.115. The van der Waals surface area contributed by atoms with Gasteiger partial charge >= 0.3 is 0 Å². The van der Waals surface area contributed by atoms with Crippen molar-refractivity contribution < 1.29 is 14.4 Å². The summed E-state index contributed by atoms with van der Waals surface area (Å²) in [6.07, 6.45) is 1.65. The van der Waals surface area contributed by atoms with Gasteiger partial charge in [-0.1, -0.05) is 42.5 Å². The van der Waals surface area contributed by atoms with Gasteiger partial charge in [-0.25, -0.2) is 0 Å². The van der Waals surface area contributed by atoms with Gasteiger partial charge in [-0.3, -0.25) is 14.4 Å². The predicted molar refractivity (Wildman–Crippen MR) is 190 cm³/mol. The number of thiophene rings is 1. The quantitative estimate of drug-likeness (QED) is 0.103. The van der Waals surface area contributed by atoms with Crippen LogP contribution in [0.25, 0.3) is 27.9 Å². The summed E-state index contributed by atoms with van der Waals surface area (Å²) in [5, 5.41) is 14.4. The van der Waals surface area contributed by atoms with Gasteiger partial charge in [-0.15, -0.1) is 11.8 Å². The minimum Gasteiger partial charge on any atom is -0.341 e. The monoisotopic (exact) mass is 644 g/mol. The van der Waals surface area contributed by atoms with Gasteiger partial charge in [0.25, 0.3) is 11.8 Å². The smallest absolute Gasteiger partial charge is 0.272 e. The molecule has 0 fully saturated rings. The van der Waals surface area contributed by atoms with Crippen LogP contribution in [0.2, 0.25) is 0 Å². The molecule has 2 aromatic heterocycles. The summed E-state index contributed by atoms with van der Waals surface area (Å²) in [5.74, 6) is -0.956. The number of aryl methyl sites for hydroxylation is 1. The van der Waals surface area contributed by atoms with Gasteiger partial charge in [0, 0.05) is 50.2 Å². The van der Waals surface area contributed by atoms with Crippen molar-refractivity contribution >= 4 is 80.1 Å². The van der Waals surface area contributed by atoms with Crippen LogP contribution >= 0.6 is 23.1 Å². The maximum Gasteiger partial charge on any atom is 0.272 e. The molecule has 0 radical (unpaired) electrons. The molecule has 0 aliphatic carbocycles. The lowest BCUT2D eigenvalue weighted by Crippen LogP contribution is -2.30. The molecule has 7 nitrogen and oxygen atoms in total. The van der Waals surface area contributed by atoms with Crippen molar-refractivity contribution in [2.24, 2.45) is 0 Å². The van der Waals surface area contributed by atoms with E-state index in [9.17, 15) is 14.4 Å². The second kappa shape index (κ2) is 13.9. The van der Waals surface area contributed by atoms with Crippen LogP contribution in [0.4, 0.5) is 11.4 Å². The third-order valence-electron chi connectivity index (χ3n) is 7.51. The van der Waals surface area contributed by atoms with Crippen molar-refractivity contribution in [3.8, 4) is 0 Å². The van der Waals surface area contributed by atoms with Gasteiger partial charge in [0.1, 0.15) is 5.70 Å². The highest BCUT2D eigenvalue weighted by Crippen LogP contribution is 2.32. The van der Waals surface area contributed by atoms with E-state index in [1.165, 1.54) is 28.6 Å². The summed E-state index contributed by atoms with van der Waals surface area (Å²) in [6.45, 7) is 4.84. The summed E-state index contributed by atoms with van der Waals surface area (Å²) in [4.78, 5) is 40.3. The van der Waals surface area contributed by atoms with E-state index in [0.717, 1.165) is 39.0 Å². The van der Waals surface area contributed by atoms with Gasteiger partial charge in [0.15, 0.2) is 0 Å². The molecule has 0 saturated heterocycles. The fraction of sp³-hybridized carbons (Fsp3) is 0.108. The highest BCUT2D eigenvalue weighted by molar-refractivity contribution is 8.00.